The molecule has 0 aliphatic heterocycles. The molecule has 3 aromatic rings. The lowest BCUT2D eigenvalue weighted by atomic mass is 10.2. The van der Waals surface area contributed by atoms with E-state index in [1.54, 1.807) is 11.8 Å². The van der Waals surface area contributed by atoms with E-state index < -0.39 is 0 Å². The van der Waals surface area contributed by atoms with Crippen LogP contribution in [0, 0.1) is 0 Å². The van der Waals surface area contributed by atoms with Crippen LogP contribution in [0.2, 0.25) is 0 Å². The van der Waals surface area contributed by atoms with E-state index in [1.165, 1.54) is 12.8 Å². The van der Waals surface area contributed by atoms with Gasteiger partial charge in [0.1, 0.15) is 11.5 Å². The molecule has 0 spiro atoms. The summed E-state index contributed by atoms with van der Waals surface area (Å²) in [7, 11) is 4.21. The summed E-state index contributed by atoms with van der Waals surface area (Å²) >= 11 is 1.71. The molecule has 2 aromatic carbocycles. The molecule has 7 heteroatoms. The van der Waals surface area contributed by atoms with Gasteiger partial charge in [-0.2, -0.15) is 0 Å². The monoisotopic (exact) mass is 441 g/mol. The Morgan fingerprint density at radius 1 is 0.839 bits per heavy atom. The van der Waals surface area contributed by atoms with E-state index >= 15 is 0 Å². The number of nitrogens with zero attached hydrogens (tertiary/aromatic N) is 3. The molecular weight excluding hydrogens is 410 g/mol. The fourth-order valence-electron chi connectivity index (χ4n) is 2.91. The number of para-hydroxylation sites is 1. The molecule has 3 rings (SSSR count). The van der Waals surface area contributed by atoms with Crippen molar-refractivity contribution in [2.75, 3.05) is 39.6 Å². The second-order valence-electron chi connectivity index (χ2n) is 7.45. The minimum Gasteiger partial charge on any atom is -0.494 e. The molecule has 0 aliphatic rings. The van der Waals surface area contributed by atoms with Gasteiger partial charge in [0.05, 0.1) is 19.0 Å². The lowest BCUT2D eigenvalue weighted by Crippen LogP contribution is -2.13. The van der Waals surface area contributed by atoms with Crippen LogP contribution in [0.25, 0.3) is 11.5 Å². The summed E-state index contributed by atoms with van der Waals surface area (Å²) < 4.78 is 17.3. The first kappa shape index (κ1) is 23.2. The minimum atomic E-state index is 0.534. The summed E-state index contributed by atoms with van der Waals surface area (Å²) in [6.07, 6.45) is 3.45. The van der Waals surface area contributed by atoms with Crippen LogP contribution >= 0.6 is 11.8 Å². The first-order chi connectivity index (χ1) is 15.2. The maximum atomic E-state index is 5.82. The smallest absolute Gasteiger partial charge is 0.247 e. The predicted molar refractivity (Wildman–Crippen MR) is 126 cm³/mol. The van der Waals surface area contributed by atoms with Crippen LogP contribution in [-0.2, 0) is 5.75 Å². The Kier molecular flexibility index (Phi) is 9.73. The zero-order chi connectivity index (χ0) is 21.7. The molecule has 1 heterocycles. The third-order valence-corrected chi connectivity index (χ3v) is 5.46. The summed E-state index contributed by atoms with van der Waals surface area (Å²) in [6, 6.07) is 17.6. The summed E-state index contributed by atoms with van der Waals surface area (Å²) in [4.78, 5) is 2.21. The van der Waals surface area contributed by atoms with Crippen molar-refractivity contribution in [1.82, 2.24) is 15.1 Å². The van der Waals surface area contributed by atoms with E-state index in [9.17, 15) is 0 Å². The zero-order valence-electron chi connectivity index (χ0n) is 18.3. The second-order valence-corrected chi connectivity index (χ2v) is 8.56. The molecule has 6 nitrogen and oxygen atoms in total. The Balaban J connectivity index is 1.34. The fourth-order valence-corrected chi connectivity index (χ4v) is 3.55. The van der Waals surface area contributed by atoms with Crippen LogP contribution in [0.4, 0.5) is 0 Å². The number of rotatable bonds is 14. The molecule has 31 heavy (non-hydrogen) atoms. The molecule has 0 unspecified atom stereocenters. The standard InChI is InChI=1S/C24H31N3O3S/c1-27(2)15-7-4-8-16-28-22-13-11-20(12-14-22)24-26-25-23(30-24)19-31-18-17-29-21-9-5-3-6-10-21/h3,5-6,9-14H,4,7-8,15-19H2,1-2H3. The Labute approximate surface area is 189 Å². The number of aromatic nitrogens is 2. The van der Waals surface area contributed by atoms with Crippen LogP contribution in [0.15, 0.2) is 59.0 Å². The molecule has 1 aromatic heterocycles. The van der Waals surface area contributed by atoms with E-state index in [4.69, 9.17) is 13.9 Å². The van der Waals surface area contributed by atoms with Gasteiger partial charge in [0.2, 0.25) is 11.8 Å². The molecule has 0 fully saturated rings. The quantitative estimate of drug-likeness (QED) is 0.320. The molecule has 0 saturated carbocycles. The van der Waals surface area contributed by atoms with Crippen molar-refractivity contribution >= 4 is 11.8 Å². The van der Waals surface area contributed by atoms with Gasteiger partial charge in [-0.05, 0) is 76.3 Å². The lowest BCUT2D eigenvalue weighted by Gasteiger charge is -2.09. The number of ether oxygens (including phenoxy) is 2. The van der Waals surface area contributed by atoms with E-state index in [0.29, 0.717) is 24.1 Å². The van der Waals surface area contributed by atoms with E-state index in [-0.39, 0.29) is 0 Å². The summed E-state index contributed by atoms with van der Waals surface area (Å²) in [5.74, 6) is 4.43. The van der Waals surface area contributed by atoms with Crippen molar-refractivity contribution < 1.29 is 13.9 Å². The number of hydrogen-bond acceptors (Lipinski definition) is 7. The molecule has 0 bridgehead atoms. The molecule has 0 N–H and O–H groups in total. The van der Waals surface area contributed by atoms with Crippen molar-refractivity contribution in [2.24, 2.45) is 0 Å². The number of unbranched alkanes of at least 4 members (excludes halogenated alkanes) is 2. The maximum absolute atomic E-state index is 5.82. The first-order valence-electron chi connectivity index (χ1n) is 10.7. The van der Waals surface area contributed by atoms with Crippen LogP contribution in [0.3, 0.4) is 0 Å². The maximum Gasteiger partial charge on any atom is 0.247 e. The minimum absolute atomic E-state index is 0.534. The molecule has 0 aliphatic carbocycles. The highest BCUT2D eigenvalue weighted by molar-refractivity contribution is 7.98. The Morgan fingerprint density at radius 2 is 1.58 bits per heavy atom. The van der Waals surface area contributed by atoms with Gasteiger partial charge in [0.15, 0.2) is 0 Å². The van der Waals surface area contributed by atoms with Crippen LogP contribution in [-0.4, -0.2) is 54.7 Å². The summed E-state index contributed by atoms with van der Waals surface area (Å²) in [6.45, 7) is 2.51. The SMILES string of the molecule is CN(C)CCCCCOc1ccc(-c2nnc(CSCCOc3ccccc3)o2)cc1. The van der Waals surface area contributed by atoms with Gasteiger partial charge in [0.25, 0.3) is 0 Å². The van der Waals surface area contributed by atoms with E-state index in [1.807, 2.05) is 54.6 Å². The van der Waals surface area contributed by atoms with E-state index in [0.717, 1.165) is 42.4 Å². The highest BCUT2D eigenvalue weighted by Crippen LogP contribution is 2.23. The topological polar surface area (TPSA) is 60.6 Å². The number of thioether (sulfide) groups is 1. The van der Waals surface area contributed by atoms with Crippen molar-refractivity contribution in [3.8, 4) is 23.0 Å². The van der Waals surface area contributed by atoms with Gasteiger partial charge in [-0.1, -0.05) is 18.2 Å². The Morgan fingerprint density at radius 3 is 2.35 bits per heavy atom. The van der Waals surface area contributed by atoms with Gasteiger partial charge >= 0.3 is 0 Å². The fraction of sp³-hybridized carbons (Fsp3) is 0.417. The molecular formula is C24H31N3O3S. The highest BCUT2D eigenvalue weighted by atomic mass is 32.2. The van der Waals surface area contributed by atoms with Gasteiger partial charge in [0, 0.05) is 11.3 Å². The predicted octanol–water partition coefficient (Wildman–Crippen LogP) is 5.16. The summed E-state index contributed by atoms with van der Waals surface area (Å²) in [5.41, 5.74) is 0.898. The molecule has 0 radical (unpaired) electrons. The average molecular weight is 442 g/mol. The lowest BCUT2D eigenvalue weighted by molar-refractivity contribution is 0.299. The number of benzene rings is 2. The van der Waals surface area contributed by atoms with Crippen LogP contribution in [0.1, 0.15) is 25.2 Å². The molecule has 0 atom stereocenters. The Bertz CT molecular complexity index is 869. The highest BCUT2D eigenvalue weighted by Gasteiger charge is 2.09. The third kappa shape index (κ3) is 8.63. The van der Waals surface area contributed by atoms with Gasteiger partial charge in [-0.25, -0.2) is 0 Å². The van der Waals surface area contributed by atoms with Crippen molar-refractivity contribution in [3.63, 3.8) is 0 Å². The first-order valence-corrected chi connectivity index (χ1v) is 11.8. The van der Waals surface area contributed by atoms with E-state index in [2.05, 4.69) is 29.2 Å². The third-order valence-electron chi connectivity index (χ3n) is 4.55. The zero-order valence-corrected chi connectivity index (χ0v) is 19.1. The number of hydrogen-bond donors (Lipinski definition) is 0. The normalized spacial score (nSPS) is 11.1. The molecule has 166 valence electrons. The summed E-state index contributed by atoms with van der Waals surface area (Å²) in [5, 5.41) is 8.31. The van der Waals surface area contributed by atoms with Crippen molar-refractivity contribution in [3.05, 3.63) is 60.5 Å². The van der Waals surface area contributed by atoms with Gasteiger partial charge in [-0.15, -0.1) is 22.0 Å². The van der Waals surface area contributed by atoms with Crippen LogP contribution in [0.5, 0.6) is 11.5 Å². The largest absolute Gasteiger partial charge is 0.494 e. The van der Waals surface area contributed by atoms with Crippen molar-refractivity contribution in [2.45, 2.75) is 25.0 Å². The Hall–Kier alpha value is -2.51. The van der Waals surface area contributed by atoms with Crippen LogP contribution < -0.4 is 9.47 Å². The average Bonchev–Trinajstić information content (AvgIpc) is 3.26. The molecule has 0 saturated heterocycles. The van der Waals surface area contributed by atoms with Gasteiger partial charge < -0.3 is 18.8 Å². The van der Waals surface area contributed by atoms with Crippen molar-refractivity contribution in [1.29, 1.82) is 0 Å². The van der Waals surface area contributed by atoms with Gasteiger partial charge in [-0.3, -0.25) is 0 Å². The molecule has 0 amide bonds. The second kappa shape index (κ2) is 13.0.